The van der Waals surface area contributed by atoms with Crippen molar-refractivity contribution in [3.05, 3.63) is 30.4 Å². The highest BCUT2D eigenvalue weighted by atomic mass is 32.2. The summed E-state index contributed by atoms with van der Waals surface area (Å²) >= 11 is 0. The predicted octanol–water partition coefficient (Wildman–Crippen LogP) is 0.863. The number of aryl methyl sites for hydroxylation is 1. The van der Waals surface area contributed by atoms with Gasteiger partial charge in [-0.15, -0.1) is 0 Å². The van der Waals surface area contributed by atoms with Gasteiger partial charge in [-0.3, -0.25) is 14.6 Å². The Morgan fingerprint density at radius 2 is 2.04 bits per heavy atom. The van der Waals surface area contributed by atoms with E-state index in [-0.39, 0.29) is 5.92 Å². The van der Waals surface area contributed by atoms with Gasteiger partial charge in [0.25, 0.3) is 10.2 Å². The lowest BCUT2D eigenvalue weighted by atomic mass is 9.96. The number of hydrogen-bond donors (Lipinski definition) is 0. The number of piperidine rings is 1. The van der Waals surface area contributed by atoms with Gasteiger partial charge in [-0.1, -0.05) is 0 Å². The molecule has 0 amide bonds. The van der Waals surface area contributed by atoms with E-state index < -0.39 is 10.2 Å². The van der Waals surface area contributed by atoms with Crippen LogP contribution < -0.4 is 0 Å². The van der Waals surface area contributed by atoms with E-state index in [1.165, 1.54) is 8.61 Å². The molecule has 8 nitrogen and oxygen atoms in total. The van der Waals surface area contributed by atoms with Crippen LogP contribution in [0.2, 0.25) is 0 Å². The first-order chi connectivity index (χ1) is 11.4. The lowest BCUT2D eigenvalue weighted by molar-refractivity contribution is 0.296. The second-order valence-electron chi connectivity index (χ2n) is 6.15. The molecule has 0 aliphatic carbocycles. The summed E-state index contributed by atoms with van der Waals surface area (Å²) in [6, 6.07) is 1.88. The van der Waals surface area contributed by atoms with E-state index in [4.69, 9.17) is 0 Å². The van der Waals surface area contributed by atoms with Crippen molar-refractivity contribution in [1.29, 1.82) is 0 Å². The molecule has 0 radical (unpaired) electrons. The first kappa shape index (κ1) is 17.0. The molecule has 0 saturated carbocycles. The Bertz CT molecular complexity index is 800. The standard InChI is InChI=1S/C15H22N6O2S/c1-19(2)24(22,23)21-8-4-5-12(11-21)13-9-17-14(10-16-13)15-6-7-18-20(15)3/h6-7,9-10,12H,4-5,8,11H2,1-3H3. The zero-order valence-electron chi connectivity index (χ0n) is 14.1. The normalized spacial score (nSPS) is 19.8. The van der Waals surface area contributed by atoms with Crippen LogP contribution in [0.1, 0.15) is 24.5 Å². The summed E-state index contributed by atoms with van der Waals surface area (Å²) in [6.07, 6.45) is 6.93. The molecule has 0 bridgehead atoms. The highest BCUT2D eigenvalue weighted by molar-refractivity contribution is 7.86. The molecule has 0 aromatic carbocycles. The third-order valence-electron chi connectivity index (χ3n) is 4.35. The van der Waals surface area contributed by atoms with E-state index in [9.17, 15) is 8.42 Å². The summed E-state index contributed by atoms with van der Waals surface area (Å²) in [6.45, 7) is 0.998. The molecule has 1 saturated heterocycles. The van der Waals surface area contributed by atoms with Crippen molar-refractivity contribution in [2.45, 2.75) is 18.8 Å². The van der Waals surface area contributed by atoms with Gasteiger partial charge in [0.1, 0.15) is 5.69 Å². The summed E-state index contributed by atoms with van der Waals surface area (Å²) in [5.74, 6) is 0.0709. The van der Waals surface area contributed by atoms with Gasteiger partial charge in [0, 0.05) is 52.5 Å². The minimum absolute atomic E-state index is 0.0709. The largest absolute Gasteiger partial charge is 0.281 e. The highest BCUT2D eigenvalue weighted by Crippen LogP contribution is 2.28. The van der Waals surface area contributed by atoms with Crippen LogP contribution in [0.3, 0.4) is 0 Å². The van der Waals surface area contributed by atoms with Crippen LogP contribution in [0, 0.1) is 0 Å². The summed E-state index contributed by atoms with van der Waals surface area (Å²) in [5.41, 5.74) is 2.49. The van der Waals surface area contributed by atoms with Crippen molar-refractivity contribution in [2.75, 3.05) is 27.2 Å². The Morgan fingerprint density at radius 3 is 2.62 bits per heavy atom. The van der Waals surface area contributed by atoms with Gasteiger partial charge in [0.2, 0.25) is 0 Å². The monoisotopic (exact) mass is 350 g/mol. The number of rotatable bonds is 4. The molecule has 0 spiro atoms. The minimum atomic E-state index is -3.38. The van der Waals surface area contributed by atoms with E-state index >= 15 is 0 Å². The minimum Gasteiger partial charge on any atom is -0.266 e. The first-order valence-corrected chi connectivity index (χ1v) is 9.27. The van der Waals surface area contributed by atoms with Gasteiger partial charge in [0.05, 0.1) is 17.6 Å². The van der Waals surface area contributed by atoms with Crippen molar-refractivity contribution < 1.29 is 8.42 Å². The molecule has 24 heavy (non-hydrogen) atoms. The van der Waals surface area contributed by atoms with E-state index in [0.29, 0.717) is 13.1 Å². The molecule has 1 fully saturated rings. The Balaban J connectivity index is 1.78. The van der Waals surface area contributed by atoms with Gasteiger partial charge in [-0.25, -0.2) is 0 Å². The third-order valence-corrected chi connectivity index (χ3v) is 6.25. The number of nitrogens with zero attached hydrogens (tertiary/aromatic N) is 6. The molecule has 2 aromatic rings. The molecule has 3 rings (SSSR count). The highest BCUT2D eigenvalue weighted by Gasteiger charge is 2.31. The lowest BCUT2D eigenvalue weighted by Gasteiger charge is -2.33. The topological polar surface area (TPSA) is 84.2 Å². The van der Waals surface area contributed by atoms with Crippen molar-refractivity contribution in [3.8, 4) is 11.4 Å². The lowest BCUT2D eigenvalue weighted by Crippen LogP contribution is -2.45. The zero-order valence-corrected chi connectivity index (χ0v) is 14.9. The fraction of sp³-hybridized carbons (Fsp3) is 0.533. The molecule has 1 unspecified atom stereocenters. The van der Waals surface area contributed by atoms with Crippen LogP contribution in [0.25, 0.3) is 11.4 Å². The summed E-state index contributed by atoms with van der Waals surface area (Å²) in [7, 11) is 1.59. The van der Waals surface area contributed by atoms with Crippen molar-refractivity contribution in [1.82, 2.24) is 28.4 Å². The van der Waals surface area contributed by atoms with Gasteiger partial charge in [-0.05, 0) is 18.9 Å². The maximum atomic E-state index is 12.3. The summed E-state index contributed by atoms with van der Waals surface area (Å²) in [4.78, 5) is 9.00. The average Bonchev–Trinajstić information content (AvgIpc) is 3.01. The van der Waals surface area contributed by atoms with Gasteiger partial charge in [-0.2, -0.15) is 22.1 Å². The molecule has 1 aliphatic rings. The molecule has 1 atom stereocenters. The fourth-order valence-electron chi connectivity index (χ4n) is 2.93. The molecular formula is C15H22N6O2S. The Hall–Kier alpha value is -1.84. The molecule has 9 heteroatoms. The van der Waals surface area contributed by atoms with Crippen LogP contribution in [0.4, 0.5) is 0 Å². The van der Waals surface area contributed by atoms with E-state index in [1.54, 1.807) is 37.4 Å². The van der Waals surface area contributed by atoms with Gasteiger partial charge in [0.15, 0.2) is 0 Å². The van der Waals surface area contributed by atoms with E-state index in [0.717, 1.165) is 29.9 Å². The maximum Gasteiger partial charge on any atom is 0.281 e. The van der Waals surface area contributed by atoms with Crippen LogP contribution >= 0.6 is 0 Å². The molecule has 2 aromatic heterocycles. The third kappa shape index (κ3) is 3.19. The summed E-state index contributed by atoms with van der Waals surface area (Å²) in [5, 5.41) is 4.13. The smallest absolute Gasteiger partial charge is 0.266 e. The average molecular weight is 350 g/mol. The predicted molar refractivity (Wildman–Crippen MR) is 90.4 cm³/mol. The summed E-state index contributed by atoms with van der Waals surface area (Å²) < 4.78 is 29.2. The first-order valence-electron chi connectivity index (χ1n) is 7.87. The number of hydrogen-bond acceptors (Lipinski definition) is 5. The SMILES string of the molecule is CN(C)S(=O)(=O)N1CCCC(c2cnc(-c3ccnn3C)cn2)C1. The van der Waals surface area contributed by atoms with Gasteiger partial charge >= 0.3 is 0 Å². The molecule has 130 valence electrons. The van der Waals surface area contributed by atoms with Crippen LogP contribution in [-0.2, 0) is 17.3 Å². The molecule has 3 heterocycles. The quantitative estimate of drug-likeness (QED) is 0.817. The zero-order chi connectivity index (χ0) is 17.3. The molecular weight excluding hydrogens is 328 g/mol. The van der Waals surface area contributed by atoms with Crippen molar-refractivity contribution >= 4 is 10.2 Å². The Kier molecular flexibility index (Phi) is 4.66. The van der Waals surface area contributed by atoms with E-state index in [1.807, 2.05) is 13.1 Å². The molecule has 0 N–H and O–H groups in total. The maximum absolute atomic E-state index is 12.3. The van der Waals surface area contributed by atoms with Crippen LogP contribution in [0.5, 0.6) is 0 Å². The van der Waals surface area contributed by atoms with Gasteiger partial charge < -0.3 is 0 Å². The Morgan fingerprint density at radius 1 is 1.25 bits per heavy atom. The number of aromatic nitrogens is 4. The van der Waals surface area contributed by atoms with E-state index in [2.05, 4.69) is 15.1 Å². The molecule has 1 aliphatic heterocycles. The van der Waals surface area contributed by atoms with Crippen molar-refractivity contribution in [3.63, 3.8) is 0 Å². The van der Waals surface area contributed by atoms with Crippen LogP contribution in [0.15, 0.2) is 24.7 Å². The van der Waals surface area contributed by atoms with Crippen molar-refractivity contribution in [2.24, 2.45) is 7.05 Å². The Labute approximate surface area is 142 Å². The second kappa shape index (κ2) is 6.58. The second-order valence-corrected chi connectivity index (χ2v) is 8.30. The fourth-order valence-corrected chi connectivity index (χ4v) is 4.12. The van der Waals surface area contributed by atoms with Crippen LogP contribution in [-0.4, -0.2) is 64.0 Å².